The van der Waals surface area contributed by atoms with E-state index in [0.29, 0.717) is 5.41 Å². The maximum absolute atomic E-state index is 4.55. The van der Waals surface area contributed by atoms with E-state index in [2.05, 4.69) is 24.2 Å². The second kappa shape index (κ2) is 4.77. The van der Waals surface area contributed by atoms with Crippen molar-refractivity contribution >= 4 is 16.9 Å². The number of hydrogen-bond donors (Lipinski definition) is 1. The fraction of sp³-hybridized carbons (Fsp3) is 0.917. The van der Waals surface area contributed by atoms with Crippen LogP contribution in [-0.4, -0.2) is 23.5 Å². The largest absolute Gasteiger partial charge is 0.364 e. The molecular weight excluding hydrogens is 204 g/mol. The van der Waals surface area contributed by atoms with Gasteiger partial charge in [0.1, 0.15) is 0 Å². The number of nitrogens with zero attached hydrogens (tertiary/aromatic N) is 1. The quantitative estimate of drug-likeness (QED) is 0.800. The van der Waals surface area contributed by atoms with Crippen LogP contribution < -0.4 is 5.32 Å². The van der Waals surface area contributed by atoms with Crippen LogP contribution in [0.4, 0.5) is 0 Å². The molecule has 0 radical (unpaired) electrons. The van der Waals surface area contributed by atoms with Crippen molar-refractivity contribution in [3.63, 3.8) is 0 Å². The lowest BCUT2D eigenvalue weighted by Crippen LogP contribution is -2.32. The summed E-state index contributed by atoms with van der Waals surface area (Å²) in [7, 11) is 0. The number of thioether (sulfide) groups is 1. The van der Waals surface area contributed by atoms with Crippen molar-refractivity contribution in [2.24, 2.45) is 10.4 Å². The van der Waals surface area contributed by atoms with Gasteiger partial charge in [0.25, 0.3) is 0 Å². The highest BCUT2D eigenvalue weighted by atomic mass is 32.2. The Morgan fingerprint density at radius 1 is 1.47 bits per heavy atom. The monoisotopic (exact) mass is 226 g/mol. The van der Waals surface area contributed by atoms with E-state index in [1.807, 2.05) is 11.8 Å². The molecule has 86 valence electrons. The minimum atomic E-state index is 0.535. The van der Waals surface area contributed by atoms with Gasteiger partial charge < -0.3 is 5.32 Å². The summed E-state index contributed by atoms with van der Waals surface area (Å²) in [4.78, 5) is 4.55. The summed E-state index contributed by atoms with van der Waals surface area (Å²) in [5.41, 5.74) is 0.535. The predicted molar refractivity (Wildman–Crippen MR) is 68.5 cm³/mol. The van der Waals surface area contributed by atoms with Crippen molar-refractivity contribution in [3.05, 3.63) is 0 Å². The molecule has 1 saturated carbocycles. The van der Waals surface area contributed by atoms with Gasteiger partial charge in [0.05, 0.1) is 6.54 Å². The van der Waals surface area contributed by atoms with E-state index >= 15 is 0 Å². The molecule has 0 bridgehead atoms. The molecule has 1 fully saturated rings. The van der Waals surface area contributed by atoms with Gasteiger partial charge in [-0.25, -0.2) is 0 Å². The summed E-state index contributed by atoms with van der Waals surface area (Å²) in [6.45, 7) is 6.79. The number of rotatable bonds is 3. The third-order valence-corrected chi connectivity index (χ3v) is 4.96. The number of nitrogens with one attached hydrogen (secondary N) is 1. The maximum Gasteiger partial charge on any atom is 0.156 e. The van der Waals surface area contributed by atoms with Crippen LogP contribution in [0.15, 0.2) is 4.99 Å². The minimum absolute atomic E-state index is 0.535. The molecule has 1 aliphatic carbocycles. The molecule has 1 atom stereocenters. The molecule has 15 heavy (non-hydrogen) atoms. The van der Waals surface area contributed by atoms with Gasteiger partial charge in [-0.2, -0.15) is 0 Å². The van der Waals surface area contributed by atoms with Crippen LogP contribution in [-0.2, 0) is 0 Å². The molecule has 0 amide bonds. The van der Waals surface area contributed by atoms with Gasteiger partial charge in [-0.15, -0.1) is 0 Å². The highest BCUT2D eigenvalue weighted by Crippen LogP contribution is 2.37. The molecular formula is C12H22N2S. The Balaban J connectivity index is 1.74. The topological polar surface area (TPSA) is 24.4 Å². The van der Waals surface area contributed by atoms with Crippen LogP contribution in [0, 0.1) is 5.41 Å². The normalized spacial score (nSPS) is 29.2. The summed E-state index contributed by atoms with van der Waals surface area (Å²) in [5, 5.41) is 5.46. The Morgan fingerprint density at radius 3 is 2.80 bits per heavy atom. The Labute approximate surface area is 97.3 Å². The van der Waals surface area contributed by atoms with E-state index < -0.39 is 0 Å². The zero-order valence-corrected chi connectivity index (χ0v) is 10.7. The lowest BCUT2D eigenvalue weighted by Gasteiger charge is -2.24. The summed E-state index contributed by atoms with van der Waals surface area (Å²) < 4.78 is 0. The van der Waals surface area contributed by atoms with Crippen LogP contribution in [0.3, 0.4) is 0 Å². The van der Waals surface area contributed by atoms with E-state index in [1.54, 1.807) is 0 Å². The molecule has 0 aromatic carbocycles. The maximum atomic E-state index is 4.55. The van der Waals surface area contributed by atoms with Crippen LogP contribution in [0.2, 0.25) is 0 Å². The fourth-order valence-electron chi connectivity index (χ4n) is 2.42. The van der Waals surface area contributed by atoms with E-state index in [4.69, 9.17) is 0 Å². The molecule has 2 nitrogen and oxygen atoms in total. The highest BCUT2D eigenvalue weighted by Gasteiger charge is 2.29. The molecule has 2 aliphatic rings. The SMILES string of the molecule is CCC1CN=C(NCC2(C)CCCC2)S1. The Bertz CT molecular complexity index is 244. The Morgan fingerprint density at radius 2 is 2.20 bits per heavy atom. The number of hydrogen-bond acceptors (Lipinski definition) is 3. The molecule has 0 aromatic rings. The van der Waals surface area contributed by atoms with Crippen LogP contribution in [0.5, 0.6) is 0 Å². The van der Waals surface area contributed by atoms with E-state index in [0.717, 1.165) is 18.3 Å². The zero-order chi connectivity index (χ0) is 10.7. The summed E-state index contributed by atoms with van der Waals surface area (Å²) in [6.07, 6.45) is 6.83. The molecule has 1 heterocycles. The lowest BCUT2D eigenvalue weighted by molar-refractivity contribution is 0.336. The molecule has 3 heteroatoms. The van der Waals surface area contributed by atoms with Crippen LogP contribution in [0.25, 0.3) is 0 Å². The third-order valence-electron chi connectivity index (χ3n) is 3.65. The van der Waals surface area contributed by atoms with E-state index in [-0.39, 0.29) is 0 Å². The first-order valence-electron chi connectivity index (χ1n) is 6.17. The van der Waals surface area contributed by atoms with Gasteiger partial charge in [0.15, 0.2) is 5.17 Å². The van der Waals surface area contributed by atoms with Gasteiger partial charge >= 0.3 is 0 Å². The van der Waals surface area contributed by atoms with Crippen molar-refractivity contribution in [2.45, 2.75) is 51.2 Å². The van der Waals surface area contributed by atoms with Crippen molar-refractivity contribution in [1.82, 2.24) is 5.32 Å². The Hall–Kier alpha value is -0.180. The first-order chi connectivity index (χ1) is 7.22. The van der Waals surface area contributed by atoms with E-state index in [9.17, 15) is 0 Å². The minimum Gasteiger partial charge on any atom is -0.364 e. The molecule has 1 N–H and O–H groups in total. The summed E-state index contributed by atoms with van der Waals surface area (Å²) in [5.74, 6) is 0. The second-order valence-electron chi connectivity index (χ2n) is 5.17. The number of amidine groups is 1. The average Bonchev–Trinajstić information content (AvgIpc) is 2.84. The van der Waals surface area contributed by atoms with Crippen LogP contribution in [0.1, 0.15) is 46.0 Å². The molecule has 0 saturated heterocycles. The second-order valence-corrected chi connectivity index (χ2v) is 6.45. The standard InChI is InChI=1S/C12H22N2S/c1-3-10-8-13-11(15-10)14-9-12(2)6-4-5-7-12/h10H,3-9H2,1-2H3,(H,13,14). The summed E-state index contributed by atoms with van der Waals surface area (Å²) >= 11 is 1.93. The van der Waals surface area contributed by atoms with Gasteiger partial charge in [0.2, 0.25) is 0 Å². The average molecular weight is 226 g/mol. The smallest absolute Gasteiger partial charge is 0.156 e. The first kappa shape index (κ1) is 11.3. The van der Waals surface area contributed by atoms with E-state index in [1.165, 1.54) is 37.3 Å². The molecule has 1 unspecified atom stereocenters. The van der Waals surface area contributed by atoms with Crippen molar-refractivity contribution in [3.8, 4) is 0 Å². The van der Waals surface area contributed by atoms with Crippen molar-refractivity contribution in [2.75, 3.05) is 13.1 Å². The van der Waals surface area contributed by atoms with Gasteiger partial charge in [-0.1, -0.05) is 38.5 Å². The third kappa shape index (κ3) is 2.90. The fourth-order valence-corrected chi connectivity index (χ4v) is 3.36. The van der Waals surface area contributed by atoms with Gasteiger partial charge in [0, 0.05) is 11.8 Å². The molecule has 0 aromatic heterocycles. The molecule has 0 spiro atoms. The molecule has 1 aliphatic heterocycles. The lowest BCUT2D eigenvalue weighted by atomic mass is 9.89. The van der Waals surface area contributed by atoms with Gasteiger partial charge in [-0.05, 0) is 24.7 Å². The first-order valence-corrected chi connectivity index (χ1v) is 7.05. The predicted octanol–water partition coefficient (Wildman–Crippen LogP) is 3.04. The number of aliphatic imine (C=N–C) groups is 1. The van der Waals surface area contributed by atoms with Crippen molar-refractivity contribution in [1.29, 1.82) is 0 Å². The molecule has 2 rings (SSSR count). The summed E-state index contributed by atoms with van der Waals surface area (Å²) in [6, 6.07) is 0. The Kier molecular flexibility index (Phi) is 3.60. The van der Waals surface area contributed by atoms with Crippen LogP contribution >= 0.6 is 11.8 Å². The highest BCUT2D eigenvalue weighted by molar-refractivity contribution is 8.14. The van der Waals surface area contributed by atoms with Gasteiger partial charge in [-0.3, -0.25) is 4.99 Å². The zero-order valence-electron chi connectivity index (χ0n) is 9.88. The van der Waals surface area contributed by atoms with Crippen molar-refractivity contribution < 1.29 is 0 Å².